The zero-order valence-electron chi connectivity index (χ0n) is 15.3. The normalized spacial score (nSPS) is 11.0. The van der Waals surface area contributed by atoms with E-state index in [1.807, 2.05) is 38.1 Å². The van der Waals surface area contributed by atoms with Gasteiger partial charge in [0.15, 0.2) is 0 Å². The smallest absolute Gasteiger partial charge is 0.150 e. The van der Waals surface area contributed by atoms with Gasteiger partial charge in [-0.2, -0.15) is 0 Å². The highest BCUT2D eigenvalue weighted by Crippen LogP contribution is 2.27. The SMILES string of the molecule is C/C=C(/c1cccc(F)c1)c1ccc(C=O)cc1C.CCC(C)C. The van der Waals surface area contributed by atoms with Crippen molar-refractivity contribution in [3.63, 3.8) is 0 Å². The molecule has 0 saturated heterocycles. The van der Waals surface area contributed by atoms with Gasteiger partial charge in [0.05, 0.1) is 0 Å². The number of aryl methyl sites for hydroxylation is 1. The van der Waals surface area contributed by atoms with Gasteiger partial charge in [0.2, 0.25) is 0 Å². The molecule has 0 aliphatic carbocycles. The molecule has 1 nitrogen and oxygen atoms in total. The van der Waals surface area contributed by atoms with Crippen LogP contribution in [0, 0.1) is 18.7 Å². The van der Waals surface area contributed by atoms with E-state index in [4.69, 9.17) is 0 Å². The molecule has 0 aliphatic heterocycles. The minimum Gasteiger partial charge on any atom is -0.298 e. The van der Waals surface area contributed by atoms with E-state index in [-0.39, 0.29) is 5.82 Å². The van der Waals surface area contributed by atoms with Gasteiger partial charge in [-0.1, -0.05) is 57.5 Å². The molecule has 0 fully saturated rings. The summed E-state index contributed by atoms with van der Waals surface area (Å²) in [5.74, 6) is 0.633. The van der Waals surface area contributed by atoms with Crippen molar-refractivity contribution in [3.05, 3.63) is 76.6 Å². The second-order valence-corrected chi connectivity index (χ2v) is 6.21. The van der Waals surface area contributed by atoms with Crippen LogP contribution in [0.3, 0.4) is 0 Å². The van der Waals surface area contributed by atoms with Crippen LogP contribution >= 0.6 is 0 Å². The number of aldehydes is 1. The summed E-state index contributed by atoms with van der Waals surface area (Å²) in [5.41, 5.74) is 4.47. The van der Waals surface area contributed by atoms with E-state index in [0.717, 1.165) is 34.5 Å². The van der Waals surface area contributed by atoms with Crippen LogP contribution in [0.4, 0.5) is 4.39 Å². The highest BCUT2D eigenvalue weighted by atomic mass is 19.1. The number of benzene rings is 2. The lowest BCUT2D eigenvalue weighted by molar-refractivity contribution is 0.112. The standard InChI is InChI=1S/C17H15FO.C5H12/c1-3-16(14-5-4-6-15(18)10-14)17-8-7-13(11-19)9-12(17)2;1-4-5(2)3/h3-11H,1-2H3;5H,4H2,1-3H3/b16-3-;. The number of halogens is 1. The topological polar surface area (TPSA) is 17.1 Å². The van der Waals surface area contributed by atoms with Gasteiger partial charge in [-0.05, 0) is 60.2 Å². The van der Waals surface area contributed by atoms with Crippen LogP contribution in [0.2, 0.25) is 0 Å². The van der Waals surface area contributed by atoms with Crippen molar-refractivity contribution < 1.29 is 9.18 Å². The van der Waals surface area contributed by atoms with Crippen molar-refractivity contribution in [1.82, 2.24) is 0 Å². The van der Waals surface area contributed by atoms with Gasteiger partial charge in [0, 0.05) is 5.56 Å². The Morgan fingerprint density at radius 3 is 2.29 bits per heavy atom. The fourth-order valence-corrected chi connectivity index (χ4v) is 2.20. The maximum atomic E-state index is 13.3. The Bertz CT molecular complexity index is 699. The monoisotopic (exact) mass is 326 g/mol. The van der Waals surface area contributed by atoms with E-state index in [0.29, 0.717) is 5.56 Å². The maximum absolute atomic E-state index is 13.3. The Morgan fingerprint density at radius 1 is 1.17 bits per heavy atom. The van der Waals surface area contributed by atoms with E-state index in [9.17, 15) is 9.18 Å². The number of carbonyl (C=O) groups excluding carboxylic acids is 1. The largest absolute Gasteiger partial charge is 0.298 e. The van der Waals surface area contributed by atoms with Crippen LogP contribution in [0.5, 0.6) is 0 Å². The fraction of sp³-hybridized carbons (Fsp3) is 0.318. The van der Waals surface area contributed by atoms with Gasteiger partial charge < -0.3 is 0 Å². The second-order valence-electron chi connectivity index (χ2n) is 6.21. The molecule has 24 heavy (non-hydrogen) atoms. The molecule has 2 rings (SSSR count). The lowest BCUT2D eigenvalue weighted by Gasteiger charge is -2.11. The predicted octanol–water partition coefficient (Wildman–Crippen LogP) is 6.45. The first kappa shape index (κ1) is 19.8. The first-order chi connectivity index (χ1) is 11.4. The number of hydrogen-bond acceptors (Lipinski definition) is 1. The molecule has 128 valence electrons. The highest BCUT2D eigenvalue weighted by molar-refractivity contribution is 5.83. The quantitative estimate of drug-likeness (QED) is 0.590. The average molecular weight is 326 g/mol. The van der Waals surface area contributed by atoms with Crippen molar-refractivity contribution in [3.8, 4) is 0 Å². The molecule has 2 aromatic carbocycles. The lowest BCUT2D eigenvalue weighted by Crippen LogP contribution is -1.94. The van der Waals surface area contributed by atoms with Crippen molar-refractivity contribution in [2.75, 3.05) is 0 Å². The summed E-state index contributed by atoms with van der Waals surface area (Å²) in [5, 5.41) is 0. The van der Waals surface area contributed by atoms with Crippen molar-refractivity contribution in [2.24, 2.45) is 5.92 Å². The molecule has 0 spiro atoms. The molecule has 0 heterocycles. The zero-order chi connectivity index (χ0) is 18.1. The molecule has 0 bridgehead atoms. The molecule has 0 radical (unpaired) electrons. The van der Waals surface area contributed by atoms with Crippen molar-refractivity contribution in [2.45, 2.75) is 41.0 Å². The van der Waals surface area contributed by atoms with Gasteiger partial charge >= 0.3 is 0 Å². The number of allylic oxidation sites excluding steroid dienone is 1. The van der Waals surface area contributed by atoms with Crippen LogP contribution < -0.4 is 0 Å². The molecule has 0 saturated carbocycles. The van der Waals surface area contributed by atoms with Gasteiger partial charge in [-0.15, -0.1) is 0 Å². The first-order valence-electron chi connectivity index (χ1n) is 8.41. The second kappa shape index (κ2) is 9.82. The maximum Gasteiger partial charge on any atom is 0.150 e. The molecule has 0 N–H and O–H groups in total. The summed E-state index contributed by atoms with van der Waals surface area (Å²) in [6, 6.07) is 12.0. The number of hydrogen-bond donors (Lipinski definition) is 0. The van der Waals surface area contributed by atoms with E-state index in [1.54, 1.807) is 12.1 Å². The fourth-order valence-electron chi connectivity index (χ4n) is 2.20. The summed E-state index contributed by atoms with van der Waals surface area (Å²) in [6.07, 6.45) is 4.09. The van der Waals surface area contributed by atoms with Crippen LogP contribution in [0.15, 0.2) is 48.5 Å². The van der Waals surface area contributed by atoms with Gasteiger partial charge in [-0.3, -0.25) is 4.79 Å². The Kier molecular flexibility index (Phi) is 8.11. The summed E-state index contributed by atoms with van der Waals surface area (Å²) in [7, 11) is 0. The molecule has 2 aromatic rings. The van der Waals surface area contributed by atoms with E-state index >= 15 is 0 Å². The molecule has 0 amide bonds. The van der Waals surface area contributed by atoms with Crippen molar-refractivity contribution >= 4 is 11.9 Å². The van der Waals surface area contributed by atoms with Gasteiger partial charge in [-0.25, -0.2) is 4.39 Å². The predicted molar refractivity (Wildman–Crippen MR) is 101 cm³/mol. The third-order valence-electron chi connectivity index (χ3n) is 3.92. The Labute approximate surface area is 145 Å². The number of rotatable bonds is 4. The summed E-state index contributed by atoms with van der Waals surface area (Å²) >= 11 is 0. The van der Waals surface area contributed by atoms with Crippen LogP contribution in [-0.4, -0.2) is 6.29 Å². The summed E-state index contributed by atoms with van der Waals surface area (Å²) in [4.78, 5) is 10.8. The van der Waals surface area contributed by atoms with Crippen molar-refractivity contribution in [1.29, 1.82) is 0 Å². The molecular weight excluding hydrogens is 299 g/mol. The summed E-state index contributed by atoms with van der Waals surface area (Å²) < 4.78 is 13.3. The molecular formula is C22H27FO. The number of carbonyl (C=O) groups is 1. The van der Waals surface area contributed by atoms with Gasteiger partial charge in [0.1, 0.15) is 12.1 Å². The minimum atomic E-state index is -0.251. The Balaban J connectivity index is 0.000000505. The van der Waals surface area contributed by atoms with Crippen LogP contribution in [0.1, 0.15) is 61.2 Å². The highest BCUT2D eigenvalue weighted by Gasteiger charge is 2.08. The van der Waals surface area contributed by atoms with E-state index in [1.165, 1.54) is 18.6 Å². The van der Waals surface area contributed by atoms with Gasteiger partial charge in [0.25, 0.3) is 0 Å². The molecule has 0 unspecified atom stereocenters. The Morgan fingerprint density at radius 2 is 1.83 bits per heavy atom. The first-order valence-corrected chi connectivity index (χ1v) is 8.41. The third-order valence-corrected chi connectivity index (χ3v) is 3.92. The minimum absolute atomic E-state index is 0.251. The Hall–Kier alpha value is -2.22. The van der Waals surface area contributed by atoms with Crippen LogP contribution in [-0.2, 0) is 0 Å². The lowest BCUT2D eigenvalue weighted by atomic mass is 9.93. The summed E-state index contributed by atoms with van der Waals surface area (Å²) in [6.45, 7) is 10.5. The third kappa shape index (κ3) is 5.77. The molecule has 0 aromatic heterocycles. The zero-order valence-corrected chi connectivity index (χ0v) is 15.3. The van der Waals surface area contributed by atoms with E-state index in [2.05, 4.69) is 20.8 Å². The van der Waals surface area contributed by atoms with E-state index < -0.39 is 0 Å². The molecule has 0 aliphatic rings. The average Bonchev–Trinajstić information content (AvgIpc) is 2.57. The molecule has 2 heteroatoms. The van der Waals surface area contributed by atoms with Crippen LogP contribution in [0.25, 0.3) is 5.57 Å². The molecule has 0 atom stereocenters.